The van der Waals surface area contributed by atoms with Crippen molar-refractivity contribution in [3.63, 3.8) is 0 Å². The van der Waals surface area contributed by atoms with Crippen LogP contribution < -0.4 is 9.80 Å². The quantitative estimate of drug-likeness (QED) is 0.460. The van der Waals surface area contributed by atoms with Crippen molar-refractivity contribution in [1.82, 2.24) is 0 Å². The number of carbonyl (C=O) groups excluding carboxylic acids is 3. The molecule has 2 saturated heterocycles. The van der Waals surface area contributed by atoms with Crippen LogP contribution in [0.15, 0.2) is 72.8 Å². The average Bonchev–Trinajstić information content (AvgIpc) is 3.32. The van der Waals surface area contributed by atoms with Gasteiger partial charge in [0.1, 0.15) is 6.04 Å². The van der Waals surface area contributed by atoms with Gasteiger partial charge in [-0.1, -0.05) is 60.7 Å². The molecule has 3 aromatic rings. The van der Waals surface area contributed by atoms with Gasteiger partial charge in [0.05, 0.1) is 30.2 Å². The van der Waals surface area contributed by atoms with E-state index in [0.29, 0.717) is 5.69 Å². The van der Waals surface area contributed by atoms with E-state index in [2.05, 4.69) is 0 Å². The summed E-state index contributed by atoms with van der Waals surface area (Å²) in [5.41, 5.74) is 2.36. The van der Waals surface area contributed by atoms with E-state index in [1.165, 1.54) is 4.90 Å². The van der Waals surface area contributed by atoms with Crippen molar-refractivity contribution in [2.75, 3.05) is 16.4 Å². The molecule has 0 aliphatic carbocycles. The minimum atomic E-state index is -0.866. The molecule has 2 fully saturated rings. The van der Waals surface area contributed by atoms with Crippen LogP contribution >= 0.6 is 0 Å². The third kappa shape index (κ3) is 2.70. The molecule has 0 radical (unpaired) electrons. The minimum absolute atomic E-state index is 0.205. The lowest BCUT2D eigenvalue weighted by molar-refractivity contribution is -0.147. The first kappa shape index (κ1) is 19.7. The highest BCUT2D eigenvalue weighted by molar-refractivity contribution is 6.24. The number of carbonyl (C=O) groups is 3. The number of benzene rings is 3. The zero-order chi connectivity index (χ0) is 22.7. The standard InChI is InChI=1S/C27H22N2O4/c1-2-33-27(32)24-23-22(25(30)28(26(23)31)17-9-4-3-5-10-17)21-15-13-19-18-11-7-6-8-16(18)12-14-20(19)29(21)24/h3-15,21-24H,2H2,1H3. The van der Waals surface area contributed by atoms with E-state index < -0.39 is 29.9 Å². The highest BCUT2D eigenvalue weighted by atomic mass is 16.5. The largest absolute Gasteiger partial charge is 0.464 e. The Morgan fingerprint density at radius 3 is 2.42 bits per heavy atom. The number of hydrogen-bond donors (Lipinski definition) is 0. The summed E-state index contributed by atoms with van der Waals surface area (Å²) in [5, 5.41) is 2.15. The van der Waals surface area contributed by atoms with Crippen LogP contribution in [-0.2, 0) is 19.1 Å². The molecule has 4 unspecified atom stereocenters. The molecule has 0 saturated carbocycles. The summed E-state index contributed by atoms with van der Waals surface area (Å²) in [6.45, 7) is 1.95. The summed E-state index contributed by atoms with van der Waals surface area (Å²) >= 11 is 0. The smallest absolute Gasteiger partial charge is 0.329 e. The first-order valence-electron chi connectivity index (χ1n) is 11.2. The summed E-state index contributed by atoms with van der Waals surface area (Å²) in [7, 11) is 0. The Morgan fingerprint density at radius 2 is 1.64 bits per heavy atom. The number of ether oxygens (including phenoxy) is 1. The number of nitrogens with zero attached hydrogens (tertiary/aromatic N) is 2. The predicted molar refractivity (Wildman–Crippen MR) is 126 cm³/mol. The number of para-hydroxylation sites is 1. The lowest BCUT2D eigenvalue weighted by Crippen LogP contribution is -2.49. The van der Waals surface area contributed by atoms with Gasteiger partial charge in [0.15, 0.2) is 0 Å². The fourth-order valence-corrected chi connectivity index (χ4v) is 5.66. The zero-order valence-electron chi connectivity index (χ0n) is 18.0. The second-order valence-electron chi connectivity index (χ2n) is 8.57. The molecule has 0 bridgehead atoms. The second kappa shape index (κ2) is 7.30. The van der Waals surface area contributed by atoms with E-state index in [-0.39, 0.29) is 18.4 Å². The van der Waals surface area contributed by atoms with Gasteiger partial charge in [0.25, 0.3) is 0 Å². The fourth-order valence-electron chi connectivity index (χ4n) is 5.66. The van der Waals surface area contributed by atoms with E-state index in [4.69, 9.17) is 4.74 Å². The zero-order valence-corrected chi connectivity index (χ0v) is 18.0. The Kier molecular flexibility index (Phi) is 4.37. The predicted octanol–water partition coefficient (Wildman–Crippen LogP) is 3.79. The van der Waals surface area contributed by atoms with E-state index in [1.807, 2.05) is 59.5 Å². The van der Waals surface area contributed by atoms with Gasteiger partial charge >= 0.3 is 5.97 Å². The fraction of sp³-hybridized carbons (Fsp3) is 0.222. The van der Waals surface area contributed by atoms with Gasteiger partial charge in [-0.3, -0.25) is 9.59 Å². The van der Waals surface area contributed by atoms with E-state index in [0.717, 1.165) is 22.0 Å². The highest BCUT2D eigenvalue weighted by Gasteiger charge is 2.64. The molecule has 6 rings (SSSR count). The van der Waals surface area contributed by atoms with Crippen LogP contribution in [0.5, 0.6) is 0 Å². The van der Waals surface area contributed by atoms with Gasteiger partial charge in [-0.2, -0.15) is 0 Å². The number of rotatable bonds is 3. The molecule has 164 valence electrons. The Morgan fingerprint density at radius 1 is 0.909 bits per heavy atom. The molecule has 0 N–H and O–H groups in total. The molecular formula is C27H22N2O4. The number of esters is 1. The van der Waals surface area contributed by atoms with Gasteiger partial charge in [0, 0.05) is 11.3 Å². The van der Waals surface area contributed by atoms with Gasteiger partial charge in [-0.15, -0.1) is 0 Å². The van der Waals surface area contributed by atoms with Crippen molar-refractivity contribution < 1.29 is 19.1 Å². The number of fused-ring (bicyclic) bond motifs is 7. The van der Waals surface area contributed by atoms with E-state index in [1.54, 1.807) is 31.2 Å². The summed E-state index contributed by atoms with van der Waals surface area (Å²) in [5.74, 6) is -2.54. The number of hydrogen-bond acceptors (Lipinski definition) is 5. The molecule has 6 nitrogen and oxygen atoms in total. The van der Waals surface area contributed by atoms with Crippen LogP contribution in [0.1, 0.15) is 12.5 Å². The first-order valence-corrected chi connectivity index (χ1v) is 11.2. The van der Waals surface area contributed by atoms with E-state index in [9.17, 15) is 14.4 Å². The van der Waals surface area contributed by atoms with Crippen LogP contribution in [0.25, 0.3) is 16.8 Å². The molecule has 3 heterocycles. The van der Waals surface area contributed by atoms with Crippen LogP contribution in [0.2, 0.25) is 0 Å². The maximum absolute atomic E-state index is 13.6. The van der Waals surface area contributed by atoms with Crippen molar-refractivity contribution in [2.24, 2.45) is 11.8 Å². The molecule has 3 aliphatic heterocycles. The summed E-state index contributed by atoms with van der Waals surface area (Å²) in [4.78, 5) is 43.6. The number of amides is 2. The molecule has 0 aromatic heterocycles. The molecular weight excluding hydrogens is 416 g/mol. The van der Waals surface area contributed by atoms with Crippen molar-refractivity contribution in [3.05, 3.63) is 78.4 Å². The van der Waals surface area contributed by atoms with Crippen molar-refractivity contribution >= 4 is 46.0 Å². The number of imide groups is 1. The molecule has 2 amide bonds. The summed E-state index contributed by atoms with van der Waals surface area (Å²) < 4.78 is 5.42. The van der Waals surface area contributed by atoms with Crippen molar-refractivity contribution in [3.8, 4) is 0 Å². The maximum Gasteiger partial charge on any atom is 0.329 e. The normalized spacial score (nSPS) is 25.2. The van der Waals surface area contributed by atoms with Crippen LogP contribution in [-0.4, -0.2) is 36.5 Å². The third-order valence-electron chi connectivity index (χ3n) is 6.96. The minimum Gasteiger partial charge on any atom is -0.464 e. The molecule has 33 heavy (non-hydrogen) atoms. The third-order valence-corrected chi connectivity index (χ3v) is 6.96. The van der Waals surface area contributed by atoms with Gasteiger partial charge < -0.3 is 9.64 Å². The van der Waals surface area contributed by atoms with Gasteiger partial charge in [-0.25, -0.2) is 9.69 Å². The van der Waals surface area contributed by atoms with Crippen molar-refractivity contribution in [1.29, 1.82) is 0 Å². The number of anilines is 2. The first-order chi connectivity index (χ1) is 16.1. The topological polar surface area (TPSA) is 66.9 Å². The van der Waals surface area contributed by atoms with E-state index >= 15 is 0 Å². The molecule has 3 aromatic carbocycles. The Labute approximate surface area is 191 Å². The van der Waals surface area contributed by atoms with Crippen LogP contribution in [0, 0.1) is 11.8 Å². The summed E-state index contributed by atoms with van der Waals surface area (Å²) in [6, 6.07) is 19.7. The average molecular weight is 438 g/mol. The molecule has 0 spiro atoms. The summed E-state index contributed by atoms with van der Waals surface area (Å²) in [6.07, 6.45) is 3.98. The molecule has 6 heteroatoms. The Hall–Kier alpha value is -3.93. The highest BCUT2D eigenvalue weighted by Crippen LogP contribution is 2.50. The molecule has 3 aliphatic rings. The monoisotopic (exact) mass is 438 g/mol. The van der Waals surface area contributed by atoms with Gasteiger partial charge in [-0.05, 0) is 35.9 Å². The van der Waals surface area contributed by atoms with Crippen molar-refractivity contribution in [2.45, 2.75) is 19.0 Å². The Bertz CT molecular complexity index is 1330. The Balaban J connectivity index is 1.51. The van der Waals surface area contributed by atoms with Crippen LogP contribution in [0.4, 0.5) is 11.4 Å². The lowest BCUT2D eigenvalue weighted by Gasteiger charge is -2.36. The second-order valence-corrected chi connectivity index (χ2v) is 8.57. The SMILES string of the molecule is CCOC(=O)C1C2C(=O)N(c3ccccc3)C(=O)C2C2C=Cc3c(ccc4ccccc34)N21. The lowest BCUT2D eigenvalue weighted by atomic mass is 9.88. The van der Waals surface area contributed by atoms with Crippen LogP contribution in [0.3, 0.4) is 0 Å². The molecule has 4 atom stereocenters. The maximum atomic E-state index is 13.6. The van der Waals surface area contributed by atoms with Gasteiger partial charge in [0.2, 0.25) is 11.8 Å².